The fraction of sp³-hybridized carbons (Fsp3) is 0.333. The van der Waals surface area contributed by atoms with E-state index in [0.29, 0.717) is 21.8 Å². The molecule has 1 fully saturated rings. The van der Waals surface area contributed by atoms with Crippen molar-refractivity contribution in [3.63, 3.8) is 0 Å². The maximum Gasteiger partial charge on any atom is 0.261 e. The van der Waals surface area contributed by atoms with Crippen LogP contribution in [-0.4, -0.2) is 22.6 Å². The summed E-state index contributed by atoms with van der Waals surface area (Å²) in [6.45, 7) is 2.69. The van der Waals surface area contributed by atoms with Crippen LogP contribution in [0.5, 0.6) is 0 Å². The van der Waals surface area contributed by atoms with E-state index in [1.54, 1.807) is 29.1 Å². The summed E-state index contributed by atoms with van der Waals surface area (Å²) < 4.78 is 1.68. The number of benzene rings is 1. The Kier molecular flexibility index (Phi) is 2.61. The van der Waals surface area contributed by atoms with E-state index in [1.807, 2.05) is 0 Å². The average Bonchev–Trinajstić information content (AvgIpc) is 2.25. The van der Waals surface area contributed by atoms with Crippen molar-refractivity contribution in [2.75, 3.05) is 13.1 Å². The number of nitrogens with zero attached hydrogens (tertiary/aromatic N) is 2. The zero-order chi connectivity index (χ0) is 11.8. The van der Waals surface area contributed by atoms with Crippen LogP contribution in [0, 0.1) is 5.92 Å². The molecule has 3 rings (SSSR count). The van der Waals surface area contributed by atoms with Crippen LogP contribution in [0.2, 0.25) is 5.02 Å². The summed E-state index contributed by atoms with van der Waals surface area (Å²) in [4.78, 5) is 16.4. The van der Waals surface area contributed by atoms with Crippen LogP contribution in [0.3, 0.4) is 0 Å². The summed E-state index contributed by atoms with van der Waals surface area (Å²) in [6, 6.07) is 5.18. The zero-order valence-electron chi connectivity index (χ0n) is 9.19. The maximum atomic E-state index is 12.2. The first-order chi connectivity index (χ1) is 8.24. The van der Waals surface area contributed by atoms with E-state index in [2.05, 4.69) is 10.3 Å². The first-order valence-electron chi connectivity index (χ1n) is 5.59. The largest absolute Gasteiger partial charge is 0.316 e. The Labute approximate surface area is 103 Å². The average molecular weight is 250 g/mol. The van der Waals surface area contributed by atoms with Crippen LogP contribution in [0.15, 0.2) is 29.3 Å². The highest BCUT2D eigenvalue weighted by Crippen LogP contribution is 2.14. The smallest absolute Gasteiger partial charge is 0.261 e. The summed E-state index contributed by atoms with van der Waals surface area (Å²) in [7, 11) is 0. The molecule has 1 aromatic carbocycles. The molecule has 0 amide bonds. The molecule has 1 aliphatic heterocycles. The lowest BCUT2D eigenvalue weighted by Crippen LogP contribution is -2.45. The number of rotatable bonds is 2. The van der Waals surface area contributed by atoms with Crippen molar-refractivity contribution in [3.8, 4) is 0 Å². The molecule has 88 valence electrons. The van der Waals surface area contributed by atoms with Crippen molar-refractivity contribution in [2.24, 2.45) is 5.92 Å². The van der Waals surface area contributed by atoms with Crippen molar-refractivity contribution in [3.05, 3.63) is 39.9 Å². The lowest BCUT2D eigenvalue weighted by molar-refractivity contribution is 0.303. The van der Waals surface area contributed by atoms with Gasteiger partial charge in [0, 0.05) is 30.6 Å². The quantitative estimate of drug-likeness (QED) is 0.872. The van der Waals surface area contributed by atoms with Crippen LogP contribution in [0.4, 0.5) is 0 Å². The van der Waals surface area contributed by atoms with E-state index in [0.717, 1.165) is 19.6 Å². The van der Waals surface area contributed by atoms with Crippen molar-refractivity contribution in [1.82, 2.24) is 14.9 Å². The Morgan fingerprint density at radius 2 is 2.29 bits per heavy atom. The van der Waals surface area contributed by atoms with Gasteiger partial charge in [-0.2, -0.15) is 0 Å². The molecular formula is C12H12ClN3O. The molecule has 0 unspecified atom stereocenters. The van der Waals surface area contributed by atoms with Crippen LogP contribution >= 0.6 is 11.6 Å². The molecule has 0 aliphatic carbocycles. The highest BCUT2D eigenvalue weighted by molar-refractivity contribution is 6.31. The van der Waals surface area contributed by atoms with Crippen molar-refractivity contribution in [2.45, 2.75) is 6.54 Å². The molecule has 0 saturated carbocycles. The summed E-state index contributed by atoms with van der Waals surface area (Å²) in [5.41, 5.74) is 0.670. The van der Waals surface area contributed by atoms with Gasteiger partial charge in [-0.15, -0.1) is 0 Å². The van der Waals surface area contributed by atoms with Crippen molar-refractivity contribution < 1.29 is 0 Å². The lowest BCUT2D eigenvalue weighted by Gasteiger charge is -2.27. The third kappa shape index (κ3) is 1.94. The molecule has 0 spiro atoms. The molecule has 4 nitrogen and oxygen atoms in total. The molecule has 1 aromatic heterocycles. The second-order valence-electron chi connectivity index (χ2n) is 4.39. The van der Waals surface area contributed by atoms with E-state index in [-0.39, 0.29) is 5.56 Å². The first kappa shape index (κ1) is 10.7. The number of nitrogens with one attached hydrogen (secondary N) is 1. The Hall–Kier alpha value is -1.39. The van der Waals surface area contributed by atoms with Gasteiger partial charge >= 0.3 is 0 Å². The van der Waals surface area contributed by atoms with Gasteiger partial charge in [0.05, 0.1) is 17.2 Å². The van der Waals surface area contributed by atoms with E-state index in [9.17, 15) is 4.79 Å². The van der Waals surface area contributed by atoms with Gasteiger partial charge in [0.15, 0.2) is 0 Å². The Morgan fingerprint density at radius 3 is 3.00 bits per heavy atom. The molecule has 0 bridgehead atoms. The molecule has 1 aliphatic rings. The van der Waals surface area contributed by atoms with Crippen molar-refractivity contribution >= 4 is 22.5 Å². The molecule has 5 heteroatoms. The summed E-state index contributed by atoms with van der Waals surface area (Å²) in [6.07, 6.45) is 1.61. The van der Waals surface area contributed by atoms with E-state index in [1.165, 1.54) is 0 Å². The van der Waals surface area contributed by atoms with Crippen LogP contribution < -0.4 is 10.9 Å². The van der Waals surface area contributed by atoms with E-state index in [4.69, 9.17) is 11.6 Å². The highest BCUT2D eigenvalue weighted by atomic mass is 35.5. The Balaban J connectivity index is 2.05. The number of hydrogen-bond donors (Lipinski definition) is 1. The molecule has 1 saturated heterocycles. The monoisotopic (exact) mass is 249 g/mol. The molecular weight excluding hydrogens is 238 g/mol. The highest BCUT2D eigenvalue weighted by Gasteiger charge is 2.18. The number of fused-ring (bicyclic) bond motifs is 1. The topological polar surface area (TPSA) is 46.9 Å². The molecule has 17 heavy (non-hydrogen) atoms. The predicted molar refractivity (Wildman–Crippen MR) is 67.4 cm³/mol. The van der Waals surface area contributed by atoms with Gasteiger partial charge in [-0.05, 0) is 18.2 Å². The second-order valence-corrected chi connectivity index (χ2v) is 4.82. The molecule has 1 N–H and O–H groups in total. The summed E-state index contributed by atoms with van der Waals surface area (Å²) in [5, 5.41) is 4.42. The lowest BCUT2D eigenvalue weighted by atomic mass is 10.0. The van der Waals surface area contributed by atoms with E-state index >= 15 is 0 Å². The number of hydrogen-bond acceptors (Lipinski definition) is 3. The third-order valence-corrected chi connectivity index (χ3v) is 3.34. The summed E-state index contributed by atoms with van der Waals surface area (Å²) in [5.74, 6) is 0.541. The summed E-state index contributed by atoms with van der Waals surface area (Å²) >= 11 is 5.87. The van der Waals surface area contributed by atoms with Gasteiger partial charge in [0.25, 0.3) is 5.56 Å². The molecule has 2 heterocycles. The SMILES string of the molecule is O=c1c2ccc(Cl)cc2ncn1CC1CNC1. The molecule has 2 aromatic rings. The minimum Gasteiger partial charge on any atom is -0.316 e. The fourth-order valence-corrected chi connectivity index (χ4v) is 2.18. The van der Waals surface area contributed by atoms with Crippen LogP contribution in [-0.2, 0) is 6.54 Å². The van der Waals surface area contributed by atoms with Gasteiger partial charge in [0.2, 0.25) is 0 Å². The molecule has 0 atom stereocenters. The van der Waals surface area contributed by atoms with Gasteiger partial charge in [-0.3, -0.25) is 9.36 Å². The standard InChI is InChI=1S/C12H12ClN3O/c13-9-1-2-10-11(3-9)15-7-16(12(10)17)6-8-4-14-5-8/h1-3,7-8,14H,4-6H2. The normalized spacial score (nSPS) is 16.1. The van der Waals surface area contributed by atoms with Gasteiger partial charge in [-0.25, -0.2) is 4.98 Å². The number of aromatic nitrogens is 2. The third-order valence-electron chi connectivity index (χ3n) is 3.11. The fourth-order valence-electron chi connectivity index (χ4n) is 2.02. The Morgan fingerprint density at radius 1 is 1.47 bits per heavy atom. The van der Waals surface area contributed by atoms with Gasteiger partial charge < -0.3 is 5.32 Å². The van der Waals surface area contributed by atoms with Crippen LogP contribution in [0.25, 0.3) is 10.9 Å². The second kappa shape index (κ2) is 4.13. The maximum absolute atomic E-state index is 12.2. The van der Waals surface area contributed by atoms with Crippen LogP contribution in [0.1, 0.15) is 0 Å². The zero-order valence-corrected chi connectivity index (χ0v) is 9.94. The predicted octanol–water partition coefficient (Wildman–Crippen LogP) is 1.27. The molecule has 0 radical (unpaired) electrons. The minimum absolute atomic E-state index is 0.0126. The first-order valence-corrected chi connectivity index (χ1v) is 5.97. The van der Waals surface area contributed by atoms with Gasteiger partial charge in [0.1, 0.15) is 0 Å². The van der Waals surface area contributed by atoms with E-state index < -0.39 is 0 Å². The van der Waals surface area contributed by atoms with Crippen molar-refractivity contribution in [1.29, 1.82) is 0 Å². The minimum atomic E-state index is 0.0126. The number of halogens is 1. The Bertz CT molecular complexity index is 619. The van der Waals surface area contributed by atoms with Gasteiger partial charge in [-0.1, -0.05) is 11.6 Å².